The molecule has 12 heavy (non-hydrogen) atoms. The van der Waals surface area contributed by atoms with Crippen molar-refractivity contribution in [3.8, 4) is 0 Å². The van der Waals surface area contributed by atoms with Crippen LogP contribution >= 0.6 is 0 Å². The Morgan fingerprint density at radius 3 is 2.75 bits per heavy atom. The first-order valence-electron chi connectivity index (χ1n) is 3.86. The number of aromatic amines is 1. The Bertz CT molecular complexity index is 272. The summed E-state index contributed by atoms with van der Waals surface area (Å²) in [5.74, 6) is 0. The number of H-pyrrole nitrogens is 1. The lowest BCUT2D eigenvalue weighted by atomic mass is 9.66. The van der Waals surface area contributed by atoms with Crippen LogP contribution in [0.4, 0.5) is 4.39 Å². The topological polar surface area (TPSA) is 67.6 Å². The smallest absolute Gasteiger partial charge is 0.112 e. The third kappa shape index (κ3) is 1.01. The maximum absolute atomic E-state index is 13.2. The first-order valence-corrected chi connectivity index (χ1v) is 3.86. The Morgan fingerprint density at radius 1 is 1.67 bits per heavy atom. The number of nitrogens with zero attached hydrogens (tertiary/aromatic N) is 2. The molecule has 0 spiro atoms. The zero-order chi connectivity index (χ0) is 8.82. The molecule has 66 valence electrons. The predicted octanol–water partition coefficient (Wildman–Crippen LogP) is 0.481. The van der Waals surface area contributed by atoms with E-state index in [4.69, 9.17) is 5.73 Å². The molecule has 1 aliphatic rings. The molecule has 2 rings (SSSR count). The van der Waals surface area contributed by atoms with Gasteiger partial charge in [0.2, 0.25) is 0 Å². The molecule has 0 amide bonds. The molecule has 0 radical (unpaired) electrons. The highest BCUT2D eigenvalue weighted by atomic mass is 19.1. The van der Waals surface area contributed by atoms with Crippen molar-refractivity contribution in [1.29, 1.82) is 0 Å². The van der Waals surface area contributed by atoms with E-state index in [1.165, 1.54) is 0 Å². The van der Waals surface area contributed by atoms with Gasteiger partial charge in [0.15, 0.2) is 0 Å². The second-order valence-electron chi connectivity index (χ2n) is 3.78. The molecule has 3 N–H and O–H groups in total. The summed E-state index contributed by atoms with van der Waals surface area (Å²) in [5, 5.41) is 9.96. The Kier molecular flexibility index (Phi) is 1.30. The molecule has 1 aromatic rings. The minimum Gasteiger partial charge on any atom is -0.320 e. The van der Waals surface area contributed by atoms with Gasteiger partial charge in [-0.15, -0.1) is 0 Å². The van der Waals surface area contributed by atoms with Crippen LogP contribution < -0.4 is 5.73 Å². The largest absolute Gasteiger partial charge is 0.320 e. The third-order valence-electron chi connectivity index (χ3n) is 2.29. The fourth-order valence-corrected chi connectivity index (χ4v) is 1.89. The maximum atomic E-state index is 13.2. The van der Waals surface area contributed by atoms with E-state index in [0.29, 0.717) is 18.5 Å². The Labute approximate surface area is 69.3 Å². The van der Waals surface area contributed by atoms with Gasteiger partial charge in [-0.2, -0.15) is 15.4 Å². The van der Waals surface area contributed by atoms with Crippen LogP contribution in [0.3, 0.4) is 0 Å². The molecule has 0 unspecified atom stereocenters. The van der Waals surface area contributed by atoms with Crippen molar-refractivity contribution in [2.24, 2.45) is 5.73 Å². The first kappa shape index (κ1) is 7.67. The van der Waals surface area contributed by atoms with E-state index in [2.05, 4.69) is 15.4 Å². The normalized spacial score (nSPS) is 40.9. The minimum absolute atomic E-state index is 0.326. The number of hydrogen-bond donors (Lipinski definition) is 2. The Hall–Kier alpha value is -0.970. The highest BCUT2D eigenvalue weighted by Gasteiger charge is 2.52. The van der Waals surface area contributed by atoms with Crippen LogP contribution in [0.1, 0.15) is 25.5 Å². The lowest BCUT2D eigenvalue weighted by Gasteiger charge is -2.46. The highest BCUT2D eigenvalue weighted by Crippen LogP contribution is 2.47. The van der Waals surface area contributed by atoms with Gasteiger partial charge in [0.25, 0.3) is 0 Å². The number of aromatic nitrogens is 3. The van der Waals surface area contributed by atoms with Gasteiger partial charge in [0.05, 0.1) is 11.7 Å². The highest BCUT2D eigenvalue weighted by molar-refractivity contribution is 5.19. The van der Waals surface area contributed by atoms with Crippen molar-refractivity contribution in [3.05, 3.63) is 11.9 Å². The Balaban J connectivity index is 2.18. The molecule has 0 bridgehead atoms. The zero-order valence-electron chi connectivity index (χ0n) is 6.84. The summed E-state index contributed by atoms with van der Waals surface area (Å²) < 4.78 is 13.2. The molecule has 0 aromatic carbocycles. The van der Waals surface area contributed by atoms with Gasteiger partial charge in [-0.05, 0) is 6.92 Å². The van der Waals surface area contributed by atoms with Crippen LogP contribution in [0.25, 0.3) is 0 Å². The molecule has 1 fully saturated rings. The number of nitrogens with one attached hydrogen (secondary N) is 1. The summed E-state index contributed by atoms with van der Waals surface area (Å²) in [4.78, 5) is 0. The zero-order valence-corrected chi connectivity index (χ0v) is 6.84. The van der Waals surface area contributed by atoms with Gasteiger partial charge >= 0.3 is 0 Å². The van der Waals surface area contributed by atoms with Crippen molar-refractivity contribution < 1.29 is 4.39 Å². The molecule has 0 aliphatic heterocycles. The molecular weight excluding hydrogens is 159 g/mol. The van der Waals surface area contributed by atoms with Gasteiger partial charge in [-0.1, -0.05) is 0 Å². The van der Waals surface area contributed by atoms with Crippen molar-refractivity contribution >= 4 is 0 Å². The monoisotopic (exact) mass is 170 g/mol. The van der Waals surface area contributed by atoms with Gasteiger partial charge in [-0.3, -0.25) is 0 Å². The number of nitrogens with two attached hydrogens (primary N) is 1. The molecule has 4 nitrogen and oxygen atoms in total. The van der Waals surface area contributed by atoms with E-state index in [0.717, 1.165) is 0 Å². The van der Waals surface area contributed by atoms with Crippen LogP contribution in [0.2, 0.25) is 0 Å². The second kappa shape index (κ2) is 2.04. The predicted molar refractivity (Wildman–Crippen MR) is 41.0 cm³/mol. The second-order valence-corrected chi connectivity index (χ2v) is 3.78. The fraction of sp³-hybridized carbons (Fsp3) is 0.714. The van der Waals surface area contributed by atoms with E-state index in [-0.39, 0.29) is 0 Å². The molecule has 1 saturated carbocycles. The molecule has 1 aromatic heterocycles. The lowest BCUT2D eigenvalue weighted by molar-refractivity contribution is -0.000956. The molecule has 5 heteroatoms. The van der Waals surface area contributed by atoms with E-state index < -0.39 is 11.2 Å². The third-order valence-corrected chi connectivity index (χ3v) is 2.29. The van der Waals surface area contributed by atoms with Crippen LogP contribution in [0.5, 0.6) is 0 Å². The van der Waals surface area contributed by atoms with Gasteiger partial charge in [0.1, 0.15) is 11.4 Å². The summed E-state index contributed by atoms with van der Waals surface area (Å²) in [7, 11) is 0. The summed E-state index contributed by atoms with van der Waals surface area (Å²) in [6.45, 7) is 1.55. The van der Waals surface area contributed by atoms with Gasteiger partial charge in [-0.25, -0.2) is 4.39 Å². The number of rotatable bonds is 1. The van der Waals surface area contributed by atoms with E-state index in [9.17, 15) is 4.39 Å². The van der Waals surface area contributed by atoms with Crippen LogP contribution in [-0.4, -0.2) is 21.1 Å². The average Bonchev–Trinajstić information content (AvgIpc) is 2.31. The molecule has 1 heterocycles. The average molecular weight is 170 g/mol. The van der Waals surface area contributed by atoms with E-state index in [1.54, 1.807) is 13.1 Å². The van der Waals surface area contributed by atoms with Gasteiger partial charge < -0.3 is 5.73 Å². The van der Waals surface area contributed by atoms with Crippen LogP contribution in [-0.2, 0) is 5.54 Å². The summed E-state index contributed by atoms with van der Waals surface area (Å²) >= 11 is 0. The fourth-order valence-electron chi connectivity index (χ4n) is 1.89. The number of alkyl halides is 1. The van der Waals surface area contributed by atoms with Crippen molar-refractivity contribution in [2.75, 3.05) is 0 Å². The van der Waals surface area contributed by atoms with E-state index >= 15 is 0 Å². The number of hydrogen-bond acceptors (Lipinski definition) is 3. The first-order chi connectivity index (χ1) is 5.52. The summed E-state index contributed by atoms with van der Waals surface area (Å²) in [5.41, 5.74) is 4.80. The van der Waals surface area contributed by atoms with Crippen LogP contribution in [0, 0.1) is 0 Å². The van der Waals surface area contributed by atoms with Gasteiger partial charge in [0, 0.05) is 12.8 Å². The standard InChI is InChI=1S/C7H11FN4/c1-6(8)3-7(9,4-6)5-2-10-12-11-5/h2H,3-4,9H2,1H3,(H,10,11,12). The van der Waals surface area contributed by atoms with Crippen molar-refractivity contribution in [3.63, 3.8) is 0 Å². The summed E-state index contributed by atoms with van der Waals surface area (Å²) in [6, 6.07) is 0. The molecule has 0 saturated heterocycles. The Morgan fingerprint density at radius 2 is 2.33 bits per heavy atom. The molecule has 1 aliphatic carbocycles. The number of halogens is 1. The SMILES string of the molecule is CC1(F)CC(N)(c2cn[nH]n2)C1. The lowest BCUT2D eigenvalue weighted by Crippen LogP contribution is -2.56. The van der Waals surface area contributed by atoms with Crippen LogP contribution in [0.15, 0.2) is 6.20 Å². The minimum atomic E-state index is -1.13. The van der Waals surface area contributed by atoms with E-state index in [1.807, 2.05) is 0 Å². The maximum Gasteiger partial charge on any atom is 0.112 e. The molecular formula is C7H11FN4. The quantitative estimate of drug-likeness (QED) is 0.644. The summed E-state index contributed by atoms with van der Waals surface area (Å²) in [6.07, 6.45) is 2.20. The molecule has 0 atom stereocenters. The van der Waals surface area contributed by atoms with Crippen molar-refractivity contribution in [1.82, 2.24) is 15.4 Å². The van der Waals surface area contributed by atoms with Crippen molar-refractivity contribution in [2.45, 2.75) is 31.0 Å².